The van der Waals surface area contributed by atoms with E-state index in [1.807, 2.05) is 18.2 Å². The molecule has 0 spiro atoms. The molecule has 1 aromatic carbocycles. The molecule has 0 amide bonds. The van der Waals surface area contributed by atoms with Crippen molar-refractivity contribution in [3.05, 3.63) is 35.9 Å². The second-order valence-electron chi connectivity index (χ2n) is 3.41. The Morgan fingerprint density at radius 1 is 1.41 bits per heavy atom. The van der Waals surface area contributed by atoms with E-state index in [0.29, 0.717) is 11.4 Å². The molecule has 0 aliphatic rings. The Morgan fingerprint density at radius 3 is 2.71 bits per heavy atom. The Bertz CT molecular complexity index is 551. The van der Waals surface area contributed by atoms with E-state index in [9.17, 15) is 0 Å². The highest BCUT2D eigenvalue weighted by molar-refractivity contribution is 7.99. The highest BCUT2D eigenvalue weighted by atomic mass is 32.2. The lowest BCUT2D eigenvalue weighted by Gasteiger charge is -2.03. The van der Waals surface area contributed by atoms with Crippen molar-refractivity contribution >= 4 is 17.6 Å². The van der Waals surface area contributed by atoms with Crippen LogP contribution in [0, 0.1) is 11.3 Å². The van der Waals surface area contributed by atoms with Crippen LogP contribution < -0.4 is 5.73 Å². The van der Waals surface area contributed by atoms with Gasteiger partial charge in [-0.25, -0.2) is 4.68 Å². The van der Waals surface area contributed by atoms with Crippen molar-refractivity contribution in [2.45, 2.75) is 11.9 Å². The lowest BCUT2D eigenvalue weighted by Crippen LogP contribution is -2.01. The predicted molar refractivity (Wildman–Crippen MR) is 69.1 cm³/mol. The summed E-state index contributed by atoms with van der Waals surface area (Å²) in [5, 5.41) is 14.0. The van der Waals surface area contributed by atoms with Gasteiger partial charge in [-0.2, -0.15) is 10.4 Å². The maximum atomic E-state index is 8.73. The van der Waals surface area contributed by atoms with Gasteiger partial charge in [0.05, 0.1) is 17.3 Å². The lowest BCUT2D eigenvalue weighted by molar-refractivity contribution is 0.845. The molecular formula is C12H12N4S. The highest BCUT2D eigenvalue weighted by Gasteiger charge is 2.06. The standard InChI is InChI=1S/C12H12N4S/c1-2-17-12-7-11(14)16(15-12)10-5-3-9(8-13)4-6-10/h3-7H,2,14H2,1H3. The summed E-state index contributed by atoms with van der Waals surface area (Å²) in [6, 6.07) is 11.1. The van der Waals surface area contributed by atoms with E-state index in [1.54, 1.807) is 28.6 Å². The Kier molecular flexibility index (Phi) is 3.35. The number of benzene rings is 1. The quantitative estimate of drug-likeness (QED) is 0.842. The number of thioether (sulfide) groups is 1. The Labute approximate surface area is 104 Å². The number of hydrogen-bond donors (Lipinski definition) is 1. The Hall–Kier alpha value is -1.93. The van der Waals surface area contributed by atoms with Crippen LogP contribution in [0.3, 0.4) is 0 Å². The van der Waals surface area contributed by atoms with Gasteiger partial charge < -0.3 is 5.73 Å². The van der Waals surface area contributed by atoms with Gasteiger partial charge in [-0.3, -0.25) is 0 Å². The number of hydrogen-bond acceptors (Lipinski definition) is 4. The predicted octanol–water partition coefficient (Wildman–Crippen LogP) is 2.44. The minimum atomic E-state index is 0.602. The molecule has 2 N–H and O–H groups in total. The van der Waals surface area contributed by atoms with E-state index in [2.05, 4.69) is 18.1 Å². The Morgan fingerprint density at radius 2 is 2.12 bits per heavy atom. The monoisotopic (exact) mass is 244 g/mol. The van der Waals surface area contributed by atoms with Crippen molar-refractivity contribution in [1.82, 2.24) is 9.78 Å². The van der Waals surface area contributed by atoms with Crippen LogP contribution in [0.15, 0.2) is 35.4 Å². The van der Waals surface area contributed by atoms with E-state index in [1.165, 1.54) is 0 Å². The first kappa shape index (κ1) is 11.6. The molecule has 17 heavy (non-hydrogen) atoms. The smallest absolute Gasteiger partial charge is 0.128 e. The zero-order valence-electron chi connectivity index (χ0n) is 9.42. The number of anilines is 1. The summed E-state index contributed by atoms with van der Waals surface area (Å²) in [6.45, 7) is 2.07. The fourth-order valence-corrected chi connectivity index (χ4v) is 2.11. The lowest BCUT2D eigenvalue weighted by atomic mass is 10.2. The van der Waals surface area contributed by atoms with E-state index < -0.39 is 0 Å². The van der Waals surface area contributed by atoms with Crippen molar-refractivity contribution in [3.8, 4) is 11.8 Å². The molecule has 86 valence electrons. The average Bonchev–Trinajstić information content (AvgIpc) is 2.71. The van der Waals surface area contributed by atoms with Gasteiger partial charge in [-0.15, -0.1) is 11.8 Å². The summed E-state index contributed by atoms with van der Waals surface area (Å²) in [5.41, 5.74) is 7.39. The topological polar surface area (TPSA) is 67.6 Å². The zero-order chi connectivity index (χ0) is 12.3. The molecule has 5 heteroatoms. The summed E-state index contributed by atoms with van der Waals surface area (Å²) in [4.78, 5) is 0. The van der Waals surface area contributed by atoms with Crippen LogP contribution in [-0.4, -0.2) is 15.5 Å². The molecule has 1 heterocycles. The van der Waals surface area contributed by atoms with Crippen molar-refractivity contribution in [3.63, 3.8) is 0 Å². The van der Waals surface area contributed by atoms with Gasteiger partial charge in [0, 0.05) is 6.07 Å². The van der Waals surface area contributed by atoms with Gasteiger partial charge in [-0.05, 0) is 30.0 Å². The van der Waals surface area contributed by atoms with Crippen molar-refractivity contribution in [2.75, 3.05) is 11.5 Å². The average molecular weight is 244 g/mol. The van der Waals surface area contributed by atoms with Crippen LogP contribution in [-0.2, 0) is 0 Å². The first-order valence-corrected chi connectivity index (χ1v) is 6.22. The van der Waals surface area contributed by atoms with Crippen molar-refractivity contribution in [1.29, 1.82) is 5.26 Å². The third kappa shape index (κ3) is 2.43. The Balaban J connectivity index is 2.35. The summed E-state index contributed by atoms with van der Waals surface area (Å²) in [5.74, 6) is 1.56. The van der Waals surface area contributed by atoms with Gasteiger partial charge in [0.15, 0.2) is 0 Å². The fourth-order valence-electron chi connectivity index (χ4n) is 1.48. The van der Waals surface area contributed by atoms with Crippen LogP contribution in [0.4, 0.5) is 5.82 Å². The summed E-state index contributed by atoms with van der Waals surface area (Å²) in [6.07, 6.45) is 0. The van der Waals surface area contributed by atoms with Gasteiger partial charge in [0.2, 0.25) is 0 Å². The molecule has 4 nitrogen and oxygen atoms in total. The van der Waals surface area contributed by atoms with Gasteiger partial charge in [0.25, 0.3) is 0 Å². The molecule has 2 aromatic rings. The molecule has 2 rings (SSSR count). The molecule has 1 aromatic heterocycles. The van der Waals surface area contributed by atoms with Crippen molar-refractivity contribution in [2.24, 2.45) is 0 Å². The minimum Gasteiger partial charge on any atom is -0.384 e. The van der Waals surface area contributed by atoms with Gasteiger partial charge >= 0.3 is 0 Å². The molecule has 0 saturated heterocycles. The zero-order valence-corrected chi connectivity index (χ0v) is 10.2. The second-order valence-corrected chi connectivity index (χ2v) is 4.70. The van der Waals surface area contributed by atoms with Crippen LogP contribution in [0.2, 0.25) is 0 Å². The third-order valence-corrected chi connectivity index (χ3v) is 3.03. The number of nitrogens with zero attached hydrogens (tertiary/aromatic N) is 3. The van der Waals surface area contributed by atoms with E-state index in [0.717, 1.165) is 16.5 Å². The van der Waals surface area contributed by atoms with E-state index >= 15 is 0 Å². The molecule has 0 aliphatic carbocycles. The SMILES string of the molecule is CCSc1cc(N)n(-c2ccc(C#N)cc2)n1. The highest BCUT2D eigenvalue weighted by Crippen LogP contribution is 2.21. The number of nitrogens with two attached hydrogens (primary N) is 1. The summed E-state index contributed by atoms with van der Waals surface area (Å²) in [7, 11) is 0. The number of nitrogen functional groups attached to an aromatic ring is 1. The molecule has 0 fully saturated rings. The molecule has 0 aliphatic heterocycles. The molecule has 0 unspecified atom stereocenters. The first-order valence-electron chi connectivity index (χ1n) is 5.23. The normalized spacial score (nSPS) is 10.1. The molecule has 0 radical (unpaired) electrons. The summed E-state index contributed by atoms with van der Waals surface area (Å²) < 4.78 is 1.68. The number of nitriles is 1. The van der Waals surface area contributed by atoms with Crippen LogP contribution >= 0.6 is 11.8 Å². The maximum absolute atomic E-state index is 8.73. The second kappa shape index (κ2) is 4.93. The molecule has 0 bridgehead atoms. The van der Waals surface area contributed by atoms with E-state index in [-0.39, 0.29) is 0 Å². The van der Waals surface area contributed by atoms with Crippen LogP contribution in [0.5, 0.6) is 0 Å². The number of rotatable bonds is 3. The minimum absolute atomic E-state index is 0.602. The maximum Gasteiger partial charge on any atom is 0.128 e. The third-order valence-electron chi connectivity index (χ3n) is 2.25. The van der Waals surface area contributed by atoms with Crippen LogP contribution in [0.1, 0.15) is 12.5 Å². The summed E-state index contributed by atoms with van der Waals surface area (Å²) >= 11 is 1.65. The van der Waals surface area contributed by atoms with E-state index in [4.69, 9.17) is 11.0 Å². The van der Waals surface area contributed by atoms with Crippen molar-refractivity contribution < 1.29 is 0 Å². The molecular weight excluding hydrogens is 232 g/mol. The first-order chi connectivity index (χ1) is 8.24. The number of aromatic nitrogens is 2. The molecule has 0 saturated carbocycles. The fraction of sp³-hybridized carbons (Fsp3) is 0.167. The van der Waals surface area contributed by atoms with Gasteiger partial charge in [-0.1, -0.05) is 6.92 Å². The van der Waals surface area contributed by atoms with Crippen LogP contribution in [0.25, 0.3) is 5.69 Å². The van der Waals surface area contributed by atoms with Gasteiger partial charge in [0.1, 0.15) is 10.8 Å². The largest absolute Gasteiger partial charge is 0.384 e. The molecule has 0 atom stereocenters.